The number of amides is 1. The van der Waals surface area contributed by atoms with E-state index in [1.54, 1.807) is 0 Å². The van der Waals surface area contributed by atoms with Gasteiger partial charge in [0.25, 0.3) is 0 Å². The lowest BCUT2D eigenvalue weighted by Crippen LogP contribution is -2.52. The number of hydrogen-bond acceptors (Lipinski definition) is 2. The van der Waals surface area contributed by atoms with Gasteiger partial charge in [-0.15, -0.1) is 0 Å². The Morgan fingerprint density at radius 3 is 2.32 bits per heavy atom. The second-order valence-corrected chi connectivity index (χ2v) is 6.30. The molecule has 0 radical (unpaired) electrons. The number of nitrogens with zero attached hydrogens (tertiary/aromatic N) is 1. The predicted octanol–water partition coefficient (Wildman–Crippen LogP) is 3.12. The molecule has 0 heterocycles. The Labute approximate surface area is 122 Å². The molecule has 0 spiro atoms. The molecule has 1 rings (SSSR count). The zero-order chi connectivity index (χ0) is 14.5. The van der Waals surface area contributed by atoms with Gasteiger partial charge >= 0.3 is 0 Å². The first kappa shape index (κ1) is 16.4. The zero-order valence-corrected chi connectivity index (χ0v) is 13.4. The van der Waals surface area contributed by atoms with Crippen molar-refractivity contribution in [1.29, 1.82) is 0 Å². The molecule has 0 saturated heterocycles. The van der Waals surface area contributed by atoms with Crippen LogP contribution in [0.4, 0.5) is 0 Å². The summed E-state index contributed by atoms with van der Waals surface area (Å²) in [6.45, 7) is 7.94. The van der Waals surface area contributed by atoms with Crippen LogP contribution in [0.5, 0.6) is 0 Å². The molecule has 0 aromatic carbocycles. The van der Waals surface area contributed by atoms with Crippen molar-refractivity contribution in [2.45, 2.75) is 59.3 Å². The van der Waals surface area contributed by atoms with Crippen molar-refractivity contribution in [2.75, 3.05) is 13.1 Å². The summed E-state index contributed by atoms with van der Waals surface area (Å²) in [6.07, 6.45) is 6.06. The van der Waals surface area contributed by atoms with Crippen LogP contribution in [0.1, 0.15) is 59.3 Å². The number of rotatable bonds is 6. The first-order chi connectivity index (χ1) is 8.97. The number of carbonyl (C=O) groups excluding carboxylic acids is 1. The molecule has 4 heteroatoms. The SMILES string of the molecule is CCC(C)CN(CC)C(=O)C1(C(N)=S)CCCCC1. The van der Waals surface area contributed by atoms with Crippen LogP contribution in [0, 0.1) is 11.3 Å². The molecule has 0 bridgehead atoms. The van der Waals surface area contributed by atoms with E-state index in [0.29, 0.717) is 10.9 Å². The molecule has 110 valence electrons. The maximum atomic E-state index is 12.9. The monoisotopic (exact) mass is 284 g/mol. The van der Waals surface area contributed by atoms with Crippen molar-refractivity contribution >= 4 is 23.1 Å². The third kappa shape index (κ3) is 3.68. The molecule has 1 aliphatic carbocycles. The Balaban J connectivity index is 2.88. The van der Waals surface area contributed by atoms with E-state index in [4.69, 9.17) is 18.0 Å². The van der Waals surface area contributed by atoms with Crippen LogP contribution in [-0.4, -0.2) is 28.9 Å². The fourth-order valence-corrected chi connectivity index (χ4v) is 3.18. The van der Waals surface area contributed by atoms with Gasteiger partial charge in [0.15, 0.2) is 0 Å². The molecule has 19 heavy (non-hydrogen) atoms. The fraction of sp³-hybridized carbons (Fsp3) is 0.867. The standard InChI is InChI=1S/C15H28N2OS/c1-4-12(3)11-17(5-2)14(18)15(13(16)19)9-7-6-8-10-15/h12H,4-11H2,1-3H3,(H2,16,19). The van der Waals surface area contributed by atoms with Crippen molar-refractivity contribution in [3.63, 3.8) is 0 Å². The molecule has 2 N–H and O–H groups in total. The third-order valence-electron chi connectivity index (χ3n) is 4.49. The molecular formula is C15H28N2OS. The molecule has 1 aliphatic rings. The summed E-state index contributed by atoms with van der Waals surface area (Å²) < 4.78 is 0. The predicted molar refractivity (Wildman–Crippen MR) is 84.0 cm³/mol. The summed E-state index contributed by atoms with van der Waals surface area (Å²) in [4.78, 5) is 15.3. The van der Waals surface area contributed by atoms with E-state index in [9.17, 15) is 4.79 Å². The molecule has 1 fully saturated rings. The van der Waals surface area contributed by atoms with Gasteiger partial charge in [0, 0.05) is 13.1 Å². The smallest absolute Gasteiger partial charge is 0.235 e. The van der Waals surface area contributed by atoms with Gasteiger partial charge in [0.05, 0.1) is 10.4 Å². The van der Waals surface area contributed by atoms with E-state index >= 15 is 0 Å². The lowest BCUT2D eigenvalue weighted by Gasteiger charge is -2.39. The average molecular weight is 284 g/mol. The maximum absolute atomic E-state index is 12.9. The highest BCUT2D eigenvalue weighted by Gasteiger charge is 2.44. The average Bonchev–Trinajstić information content (AvgIpc) is 2.44. The number of hydrogen-bond donors (Lipinski definition) is 1. The zero-order valence-electron chi connectivity index (χ0n) is 12.6. The molecule has 0 aromatic rings. The van der Waals surface area contributed by atoms with Crippen LogP contribution < -0.4 is 5.73 Å². The summed E-state index contributed by atoms with van der Waals surface area (Å²) in [5, 5.41) is 0. The fourth-order valence-electron chi connectivity index (χ4n) is 2.88. The normalized spacial score (nSPS) is 19.7. The minimum atomic E-state index is -0.558. The molecule has 0 aromatic heterocycles. The minimum absolute atomic E-state index is 0.169. The lowest BCUT2D eigenvalue weighted by atomic mass is 9.72. The Morgan fingerprint density at radius 1 is 1.32 bits per heavy atom. The minimum Gasteiger partial charge on any atom is -0.392 e. The van der Waals surface area contributed by atoms with E-state index < -0.39 is 5.41 Å². The molecule has 1 amide bonds. The number of carbonyl (C=O) groups is 1. The number of nitrogens with two attached hydrogens (primary N) is 1. The highest BCUT2D eigenvalue weighted by molar-refractivity contribution is 7.80. The molecule has 1 atom stereocenters. The lowest BCUT2D eigenvalue weighted by molar-refractivity contribution is -0.140. The van der Waals surface area contributed by atoms with Gasteiger partial charge in [0.2, 0.25) is 5.91 Å². The molecular weight excluding hydrogens is 256 g/mol. The third-order valence-corrected chi connectivity index (χ3v) is 4.88. The summed E-state index contributed by atoms with van der Waals surface area (Å²) in [6, 6.07) is 0. The van der Waals surface area contributed by atoms with Gasteiger partial charge in [-0.3, -0.25) is 4.79 Å². The highest BCUT2D eigenvalue weighted by atomic mass is 32.1. The van der Waals surface area contributed by atoms with E-state index in [2.05, 4.69) is 13.8 Å². The van der Waals surface area contributed by atoms with E-state index in [0.717, 1.165) is 45.2 Å². The first-order valence-electron chi connectivity index (χ1n) is 7.57. The first-order valence-corrected chi connectivity index (χ1v) is 7.98. The van der Waals surface area contributed by atoms with Gasteiger partial charge < -0.3 is 10.6 Å². The van der Waals surface area contributed by atoms with E-state index in [1.807, 2.05) is 11.8 Å². The summed E-state index contributed by atoms with van der Waals surface area (Å²) in [5.41, 5.74) is 5.38. The van der Waals surface area contributed by atoms with Crippen molar-refractivity contribution in [3.05, 3.63) is 0 Å². The summed E-state index contributed by atoms with van der Waals surface area (Å²) in [7, 11) is 0. The van der Waals surface area contributed by atoms with Crippen molar-refractivity contribution in [3.8, 4) is 0 Å². The van der Waals surface area contributed by atoms with Gasteiger partial charge in [-0.25, -0.2) is 0 Å². The van der Waals surface area contributed by atoms with Crippen LogP contribution in [0.3, 0.4) is 0 Å². The van der Waals surface area contributed by atoms with Gasteiger partial charge in [-0.2, -0.15) is 0 Å². The van der Waals surface area contributed by atoms with Crippen LogP contribution in [0.15, 0.2) is 0 Å². The van der Waals surface area contributed by atoms with Gasteiger partial charge in [-0.1, -0.05) is 51.7 Å². The second kappa shape index (κ2) is 7.22. The van der Waals surface area contributed by atoms with Crippen LogP contribution in [-0.2, 0) is 4.79 Å². The number of thiocarbonyl (C=S) groups is 1. The van der Waals surface area contributed by atoms with Crippen molar-refractivity contribution < 1.29 is 4.79 Å². The van der Waals surface area contributed by atoms with Gasteiger partial charge in [-0.05, 0) is 25.7 Å². The van der Waals surface area contributed by atoms with Crippen molar-refractivity contribution in [1.82, 2.24) is 4.90 Å². The van der Waals surface area contributed by atoms with Crippen molar-refractivity contribution in [2.24, 2.45) is 17.1 Å². The van der Waals surface area contributed by atoms with Crippen LogP contribution in [0.25, 0.3) is 0 Å². The molecule has 1 saturated carbocycles. The largest absolute Gasteiger partial charge is 0.392 e. The highest BCUT2D eigenvalue weighted by Crippen LogP contribution is 2.38. The summed E-state index contributed by atoms with van der Waals surface area (Å²) >= 11 is 5.24. The molecule has 0 aliphatic heterocycles. The molecule has 1 unspecified atom stereocenters. The Hall–Kier alpha value is -0.640. The molecule has 3 nitrogen and oxygen atoms in total. The van der Waals surface area contributed by atoms with E-state index in [-0.39, 0.29) is 5.91 Å². The quantitative estimate of drug-likeness (QED) is 0.762. The second-order valence-electron chi connectivity index (χ2n) is 5.86. The maximum Gasteiger partial charge on any atom is 0.235 e. The topological polar surface area (TPSA) is 46.3 Å². The Kier molecular flexibility index (Phi) is 6.24. The van der Waals surface area contributed by atoms with E-state index in [1.165, 1.54) is 6.42 Å². The van der Waals surface area contributed by atoms with Crippen LogP contribution >= 0.6 is 12.2 Å². The Morgan fingerprint density at radius 2 is 1.89 bits per heavy atom. The van der Waals surface area contributed by atoms with Gasteiger partial charge in [0.1, 0.15) is 0 Å². The summed E-state index contributed by atoms with van der Waals surface area (Å²) in [5.74, 6) is 0.693. The Bertz CT molecular complexity index is 324. The van der Waals surface area contributed by atoms with Crippen LogP contribution in [0.2, 0.25) is 0 Å².